The average molecular weight is 415 g/mol. The maximum absolute atomic E-state index is 13.1. The topological polar surface area (TPSA) is 40.6 Å². The molecule has 1 saturated heterocycles. The van der Waals surface area contributed by atoms with Crippen LogP contribution in [-0.4, -0.2) is 47.8 Å². The summed E-state index contributed by atoms with van der Waals surface area (Å²) in [5.41, 5.74) is 2.51. The first-order valence-electron chi connectivity index (χ1n) is 11.2. The molecule has 4 nitrogen and oxygen atoms in total. The minimum atomic E-state index is -0.431. The highest BCUT2D eigenvalue weighted by atomic mass is 16.2. The van der Waals surface area contributed by atoms with E-state index in [2.05, 4.69) is 30.2 Å². The molecule has 2 aromatic rings. The average Bonchev–Trinajstić information content (AvgIpc) is 3.46. The van der Waals surface area contributed by atoms with Gasteiger partial charge in [-0.3, -0.25) is 9.59 Å². The van der Waals surface area contributed by atoms with E-state index in [1.54, 1.807) is 4.90 Å². The summed E-state index contributed by atoms with van der Waals surface area (Å²) in [6.45, 7) is 2.03. The number of hydrogen-bond acceptors (Lipinski definition) is 2. The second kappa shape index (κ2) is 9.39. The van der Waals surface area contributed by atoms with Crippen LogP contribution in [0.5, 0.6) is 0 Å². The zero-order valence-corrected chi connectivity index (χ0v) is 18.0. The molecular formula is C27H30N2O2. The van der Waals surface area contributed by atoms with Crippen molar-refractivity contribution in [2.75, 3.05) is 26.2 Å². The van der Waals surface area contributed by atoms with Crippen LogP contribution in [0.1, 0.15) is 49.1 Å². The highest BCUT2D eigenvalue weighted by molar-refractivity contribution is 5.95. The number of benzene rings is 2. The first-order valence-corrected chi connectivity index (χ1v) is 11.2. The fraction of sp³-hybridized carbons (Fsp3) is 0.407. The molecule has 0 N–H and O–H groups in total. The zero-order valence-electron chi connectivity index (χ0n) is 18.0. The van der Waals surface area contributed by atoms with E-state index in [0.717, 1.165) is 30.6 Å². The molecule has 4 rings (SSSR count). The third-order valence-electron chi connectivity index (χ3n) is 7.00. The molecule has 2 aliphatic rings. The van der Waals surface area contributed by atoms with Gasteiger partial charge in [-0.05, 0) is 41.7 Å². The zero-order chi connectivity index (χ0) is 21.7. The smallest absolute Gasteiger partial charge is 0.298 e. The number of terminal acetylenes is 1. The van der Waals surface area contributed by atoms with Crippen molar-refractivity contribution >= 4 is 11.8 Å². The first-order chi connectivity index (χ1) is 15.1. The van der Waals surface area contributed by atoms with Gasteiger partial charge >= 0.3 is 0 Å². The molecule has 1 aliphatic heterocycles. The van der Waals surface area contributed by atoms with Crippen molar-refractivity contribution in [1.82, 2.24) is 9.80 Å². The maximum atomic E-state index is 13.1. The molecule has 0 aromatic heterocycles. The number of likely N-dealkylation sites (tertiary alicyclic amines) is 1. The minimum Gasteiger partial charge on any atom is -0.341 e. The summed E-state index contributed by atoms with van der Waals surface area (Å²) in [5, 5.41) is 0. The maximum Gasteiger partial charge on any atom is 0.298 e. The van der Waals surface area contributed by atoms with E-state index in [9.17, 15) is 9.59 Å². The summed E-state index contributed by atoms with van der Waals surface area (Å²) in [7, 11) is 0. The summed E-state index contributed by atoms with van der Waals surface area (Å²) in [6.07, 6.45) is 11.5. The quantitative estimate of drug-likeness (QED) is 0.669. The summed E-state index contributed by atoms with van der Waals surface area (Å²) in [6, 6.07) is 20.2. The molecular weight excluding hydrogens is 384 g/mol. The van der Waals surface area contributed by atoms with E-state index in [0.29, 0.717) is 12.0 Å². The number of carbonyl (C=O) groups is 2. The van der Waals surface area contributed by atoms with Crippen molar-refractivity contribution < 1.29 is 9.59 Å². The number of rotatable bonds is 6. The number of nitrogens with zero attached hydrogens (tertiary/aromatic N) is 2. The summed E-state index contributed by atoms with van der Waals surface area (Å²) >= 11 is 0. The van der Waals surface area contributed by atoms with Gasteiger partial charge in [0.15, 0.2) is 0 Å². The molecule has 0 atom stereocenters. The molecule has 160 valence electrons. The SMILES string of the molecule is C#CC(=O)N(CC(=O)N1CCC2(CCCC2)C1)CC(c1ccccc1)c1ccccc1. The van der Waals surface area contributed by atoms with E-state index in [1.165, 1.54) is 25.7 Å². The Hall–Kier alpha value is -3.06. The van der Waals surface area contributed by atoms with Gasteiger partial charge in [0.25, 0.3) is 5.91 Å². The number of amides is 2. The van der Waals surface area contributed by atoms with Crippen LogP contribution in [0.15, 0.2) is 60.7 Å². The second-order valence-corrected chi connectivity index (χ2v) is 8.98. The molecule has 2 amide bonds. The van der Waals surface area contributed by atoms with Gasteiger partial charge in [-0.25, -0.2) is 0 Å². The van der Waals surface area contributed by atoms with E-state index in [-0.39, 0.29) is 18.4 Å². The van der Waals surface area contributed by atoms with Gasteiger partial charge in [-0.1, -0.05) is 73.5 Å². The fourth-order valence-corrected chi connectivity index (χ4v) is 5.25. The molecule has 0 bridgehead atoms. The lowest BCUT2D eigenvalue weighted by molar-refractivity contribution is -0.137. The van der Waals surface area contributed by atoms with Gasteiger partial charge in [0.2, 0.25) is 5.91 Å². The van der Waals surface area contributed by atoms with Crippen LogP contribution in [0.3, 0.4) is 0 Å². The lowest BCUT2D eigenvalue weighted by Crippen LogP contribution is -2.44. The van der Waals surface area contributed by atoms with Crippen molar-refractivity contribution in [3.8, 4) is 12.3 Å². The van der Waals surface area contributed by atoms with Gasteiger partial charge < -0.3 is 9.80 Å². The van der Waals surface area contributed by atoms with Gasteiger partial charge in [0.05, 0.1) is 0 Å². The lowest BCUT2D eigenvalue weighted by atomic mass is 9.86. The Balaban J connectivity index is 1.52. The van der Waals surface area contributed by atoms with Crippen molar-refractivity contribution in [3.05, 3.63) is 71.8 Å². The highest BCUT2D eigenvalue weighted by Crippen LogP contribution is 2.45. The van der Waals surface area contributed by atoms with E-state index >= 15 is 0 Å². The van der Waals surface area contributed by atoms with Crippen LogP contribution in [-0.2, 0) is 9.59 Å². The van der Waals surface area contributed by atoms with Gasteiger partial charge in [-0.15, -0.1) is 6.42 Å². The number of carbonyl (C=O) groups excluding carboxylic acids is 2. The molecule has 0 unspecified atom stereocenters. The summed E-state index contributed by atoms with van der Waals surface area (Å²) in [5.74, 6) is 1.76. The number of hydrogen-bond donors (Lipinski definition) is 0. The van der Waals surface area contributed by atoms with E-state index in [4.69, 9.17) is 6.42 Å². The normalized spacial score (nSPS) is 17.1. The third-order valence-corrected chi connectivity index (χ3v) is 7.00. The van der Waals surface area contributed by atoms with Gasteiger partial charge in [0, 0.05) is 25.6 Å². The van der Waals surface area contributed by atoms with Crippen LogP contribution in [0, 0.1) is 17.8 Å². The molecule has 31 heavy (non-hydrogen) atoms. The van der Waals surface area contributed by atoms with Crippen LogP contribution in [0.25, 0.3) is 0 Å². The Morgan fingerprint density at radius 3 is 2.10 bits per heavy atom. The molecule has 1 heterocycles. The predicted molar refractivity (Wildman–Crippen MR) is 122 cm³/mol. The predicted octanol–water partition coefficient (Wildman–Crippen LogP) is 4.07. The van der Waals surface area contributed by atoms with Crippen molar-refractivity contribution in [2.45, 2.75) is 38.0 Å². The molecule has 2 fully saturated rings. The molecule has 1 spiro atoms. The molecule has 4 heteroatoms. The fourth-order valence-electron chi connectivity index (χ4n) is 5.25. The van der Waals surface area contributed by atoms with Crippen LogP contribution in [0.4, 0.5) is 0 Å². The Morgan fingerprint density at radius 2 is 1.55 bits per heavy atom. The van der Waals surface area contributed by atoms with E-state index < -0.39 is 5.91 Å². The summed E-state index contributed by atoms with van der Waals surface area (Å²) in [4.78, 5) is 29.3. The van der Waals surface area contributed by atoms with Crippen LogP contribution >= 0.6 is 0 Å². The standard InChI is InChI=1S/C27H30N2O2/c1-2-25(30)29(20-26(31)28-18-17-27(21-28)15-9-10-16-27)19-24(22-11-5-3-6-12-22)23-13-7-4-8-14-23/h1,3-8,11-14,24H,9-10,15-21H2. The second-order valence-electron chi connectivity index (χ2n) is 8.98. The first kappa shape index (κ1) is 21.2. The molecule has 0 radical (unpaired) electrons. The van der Waals surface area contributed by atoms with Crippen molar-refractivity contribution in [3.63, 3.8) is 0 Å². The van der Waals surface area contributed by atoms with Crippen molar-refractivity contribution in [2.24, 2.45) is 5.41 Å². The highest BCUT2D eigenvalue weighted by Gasteiger charge is 2.42. The Labute approximate surface area is 185 Å². The Morgan fingerprint density at radius 1 is 0.968 bits per heavy atom. The van der Waals surface area contributed by atoms with Crippen LogP contribution in [0.2, 0.25) is 0 Å². The van der Waals surface area contributed by atoms with Gasteiger partial charge in [-0.2, -0.15) is 0 Å². The Bertz CT molecular complexity index is 903. The lowest BCUT2D eigenvalue weighted by Gasteiger charge is -2.29. The Kier molecular flexibility index (Phi) is 6.42. The molecule has 1 aliphatic carbocycles. The summed E-state index contributed by atoms with van der Waals surface area (Å²) < 4.78 is 0. The van der Waals surface area contributed by atoms with Crippen molar-refractivity contribution in [1.29, 1.82) is 0 Å². The van der Waals surface area contributed by atoms with E-state index in [1.807, 2.05) is 41.3 Å². The monoisotopic (exact) mass is 414 g/mol. The minimum absolute atomic E-state index is 0.00671. The van der Waals surface area contributed by atoms with Crippen LogP contribution < -0.4 is 0 Å². The molecule has 2 aromatic carbocycles. The largest absolute Gasteiger partial charge is 0.341 e. The third kappa shape index (κ3) is 4.82. The molecule has 1 saturated carbocycles. The van der Waals surface area contributed by atoms with Gasteiger partial charge in [0.1, 0.15) is 6.54 Å².